The van der Waals surface area contributed by atoms with Crippen LogP contribution in [0.3, 0.4) is 0 Å². The molecule has 0 amide bonds. The third-order valence-electron chi connectivity index (χ3n) is 3.07. The highest BCUT2D eigenvalue weighted by Gasteiger charge is 2.07. The molecule has 0 spiro atoms. The van der Waals surface area contributed by atoms with E-state index in [9.17, 15) is 0 Å². The van der Waals surface area contributed by atoms with Crippen molar-refractivity contribution in [1.82, 2.24) is 14.1 Å². The Kier molecular flexibility index (Phi) is 2.80. The van der Waals surface area contributed by atoms with Gasteiger partial charge in [-0.3, -0.25) is 0 Å². The van der Waals surface area contributed by atoms with E-state index in [1.807, 2.05) is 42.1 Å². The zero-order valence-electron chi connectivity index (χ0n) is 9.77. The van der Waals surface area contributed by atoms with Crippen molar-refractivity contribution in [2.24, 2.45) is 7.05 Å². The summed E-state index contributed by atoms with van der Waals surface area (Å²) in [6, 6.07) is 7.92. The van der Waals surface area contributed by atoms with Crippen LogP contribution in [-0.4, -0.2) is 14.1 Å². The topological polar surface area (TPSA) is 22.8 Å². The molecule has 0 saturated carbocycles. The summed E-state index contributed by atoms with van der Waals surface area (Å²) in [7, 11) is 1.91. The van der Waals surface area contributed by atoms with E-state index in [4.69, 9.17) is 23.2 Å². The lowest BCUT2D eigenvalue weighted by Crippen LogP contribution is -2.05. The lowest BCUT2D eigenvalue weighted by molar-refractivity contribution is 0.718. The van der Waals surface area contributed by atoms with Crippen molar-refractivity contribution >= 4 is 34.1 Å². The molecule has 0 fully saturated rings. The summed E-state index contributed by atoms with van der Waals surface area (Å²) < 4.78 is 4.01. The second-order valence-corrected chi connectivity index (χ2v) is 5.03. The van der Waals surface area contributed by atoms with Gasteiger partial charge in [-0.05, 0) is 24.3 Å². The Hall–Kier alpha value is -1.45. The smallest absolute Gasteiger partial charge is 0.129 e. The fourth-order valence-electron chi connectivity index (χ4n) is 2.03. The number of rotatable bonds is 2. The Bertz CT molecular complexity index is 712. The summed E-state index contributed by atoms with van der Waals surface area (Å²) in [5, 5.41) is 2.52. The van der Waals surface area contributed by atoms with Crippen LogP contribution in [-0.2, 0) is 13.6 Å². The molecule has 2 heterocycles. The number of benzene rings is 1. The summed E-state index contributed by atoms with van der Waals surface area (Å²) in [5.74, 6) is 0.924. The van der Waals surface area contributed by atoms with Crippen LogP contribution in [0.4, 0.5) is 0 Å². The summed E-state index contributed by atoms with van der Waals surface area (Å²) in [6.45, 7) is 0.689. The second-order valence-electron chi connectivity index (χ2n) is 4.20. The molecule has 92 valence electrons. The molecule has 18 heavy (non-hydrogen) atoms. The van der Waals surface area contributed by atoms with E-state index >= 15 is 0 Å². The zero-order chi connectivity index (χ0) is 12.7. The van der Waals surface area contributed by atoms with Gasteiger partial charge in [-0.25, -0.2) is 4.98 Å². The molecule has 3 nitrogen and oxygen atoms in total. The third kappa shape index (κ3) is 1.89. The van der Waals surface area contributed by atoms with E-state index in [1.54, 1.807) is 6.20 Å². The Morgan fingerprint density at radius 1 is 1.22 bits per heavy atom. The highest BCUT2D eigenvalue weighted by atomic mass is 35.5. The van der Waals surface area contributed by atoms with Gasteiger partial charge in [-0.2, -0.15) is 0 Å². The van der Waals surface area contributed by atoms with Crippen molar-refractivity contribution in [1.29, 1.82) is 0 Å². The minimum atomic E-state index is 0.643. The lowest BCUT2D eigenvalue weighted by atomic mass is 10.2. The molecular formula is C13H11Cl2N3. The monoisotopic (exact) mass is 279 g/mol. The largest absolute Gasteiger partial charge is 0.340 e. The number of nitrogens with zero attached hydrogens (tertiary/aromatic N) is 3. The first-order valence-corrected chi connectivity index (χ1v) is 6.31. The van der Waals surface area contributed by atoms with Gasteiger partial charge in [-0.1, -0.05) is 23.2 Å². The van der Waals surface area contributed by atoms with Gasteiger partial charge in [0.25, 0.3) is 0 Å². The van der Waals surface area contributed by atoms with Crippen molar-refractivity contribution in [2.75, 3.05) is 0 Å². The van der Waals surface area contributed by atoms with Gasteiger partial charge in [0.1, 0.15) is 11.0 Å². The molecule has 0 saturated heterocycles. The van der Waals surface area contributed by atoms with Crippen LogP contribution in [0.1, 0.15) is 5.82 Å². The maximum atomic E-state index is 5.98. The van der Waals surface area contributed by atoms with Gasteiger partial charge in [0.05, 0.1) is 12.7 Å². The average Bonchev–Trinajstić information content (AvgIpc) is 2.88. The molecule has 0 atom stereocenters. The SMILES string of the molecule is Cn1c(Cl)cnc1Cn1ccc2cc(Cl)ccc21. The minimum Gasteiger partial charge on any atom is -0.340 e. The molecule has 0 aliphatic rings. The van der Waals surface area contributed by atoms with Crippen LogP contribution in [0.25, 0.3) is 10.9 Å². The number of hydrogen-bond acceptors (Lipinski definition) is 1. The fourth-order valence-corrected chi connectivity index (χ4v) is 2.36. The first-order valence-electron chi connectivity index (χ1n) is 5.55. The molecule has 0 bridgehead atoms. The average molecular weight is 280 g/mol. The van der Waals surface area contributed by atoms with Crippen LogP contribution >= 0.6 is 23.2 Å². The molecule has 3 rings (SSSR count). The van der Waals surface area contributed by atoms with Gasteiger partial charge in [0, 0.05) is 29.2 Å². The first kappa shape index (κ1) is 11.6. The molecule has 5 heteroatoms. The number of hydrogen-bond donors (Lipinski definition) is 0. The van der Waals surface area contributed by atoms with Crippen molar-refractivity contribution in [3.63, 3.8) is 0 Å². The van der Waals surface area contributed by atoms with Crippen molar-refractivity contribution in [3.8, 4) is 0 Å². The predicted molar refractivity (Wildman–Crippen MR) is 74.3 cm³/mol. The van der Waals surface area contributed by atoms with E-state index in [0.29, 0.717) is 11.7 Å². The van der Waals surface area contributed by atoms with E-state index < -0.39 is 0 Å². The molecule has 2 aromatic heterocycles. The highest BCUT2D eigenvalue weighted by molar-refractivity contribution is 6.31. The van der Waals surface area contributed by atoms with Crippen LogP contribution in [0, 0.1) is 0 Å². The third-order valence-corrected chi connectivity index (χ3v) is 3.66. The maximum absolute atomic E-state index is 5.98. The summed E-state index contributed by atoms with van der Waals surface area (Å²) in [5.41, 5.74) is 1.14. The van der Waals surface area contributed by atoms with Crippen molar-refractivity contribution in [2.45, 2.75) is 6.54 Å². The molecule has 1 aromatic carbocycles. The molecular weight excluding hydrogens is 269 g/mol. The van der Waals surface area contributed by atoms with Gasteiger partial charge < -0.3 is 9.13 Å². The maximum Gasteiger partial charge on any atom is 0.129 e. The fraction of sp³-hybridized carbons (Fsp3) is 0.154. The van der Waals surface area contributed by atoms with E-state index in [-0.39, 0.29) is 0 Å². The molecule has 0 unspecified atom stereocenters. The number of halogens is 2. The van der Waals surface area contributed by atoms with E-state index in [2.05, 4.69) is 9.55 Å². The standard InChI is InChI=1S/C13H11Cl2N3/c1-17-12(15)7-16-13(17)8-18-5-4-9-6-10(14)2-3-11(9)18/h2-7H,8H2,1H3. The lowest BCUT2D eigenvalue weighted by Gasteiger charge is -2.06. The number of fused-ring (bicyclic) bond motifs is 1. The van der Waals surface area contributed by atoms with Crippen LogP contribution in [0.15, 0.2) is 36.7 Å². The normalized spacial score (nSPS) is 11.3. The van der Waals surface area contributed by atoms with Crippen LogP contribution in [0.5, 0.6) is 0 Å². The van der Waals surface area contributed by atoms with Crippen LogP contribution in [0.2, 0.25) is 10.2 Å². The van der Waals surface area contributed by atoms with Gasteiger partial charge >= 0.3 is 0 Å². The van der Waals surface area contributed by atoms with E-state index in [1.165, 1.54) is 0 Å². The Balaban J connectivity index is 2.03. The molecule has 0 radical (unpaired) electrons. The molecule has 3 aromatic rings. The van der Waals surface area contributed by atoms with Crippen molar-refractivity contribution in [3.05, 3.63) is 52.7 Å². The molecule has 0 aliphatic heterocycles. The van der Waals surface area contributed by atoms with Crippen LogP contribution < -0.4 is 0 Å². The number of imidazole rings is 1. The van der Waals surface area contributed by atoms with Gasteiger partial charge in [0.2, 0.25) is 0 Å². The quantitative estimate of drug-likeness (QED) is 0.701. The summed E-state index contributed by atoms with van der Waals surface area (Å²) in [4.78, 5) is 4.30. The van der Waals surface area contributed by atoms with E-state index in [0.717, 1.165) is 21.7 Å². The van der Waals surface area contributed by atoms with Crippen molar-refractivity contribution < 1.29 is 0 Å². The minimum absolute atomic E-state index is 0.643. The number of aromatic nitrogens is 3. The molecule has 0 aliphatic carbocycles. The molecule has 0 N–H and O–H groups in total. The second kappa shape index (κ2) is 4.34. The zero-order valence-corrected chi connectivity index (χ0v) is 11.3. The first-order chi connectivity index (χ1) is 8.65. The highest BCUT2D eigenvalue weighted by Crippen LogP contribution is 2.21. The van der Waals surface area contributed by atoms with Gasteiger partial charge in [-0.15, -0.1) is 0 Å². The summed E-state index contributed by atoms with van der Waals surface area (Å²) >= 11 is 12.0. The Morgan fingerprint density at radius 2 is 2.06 bits per heavy atom. The van der Waals surface area contributed by atoms with Gasteiger partial charge in [0.15, 0.2) is 0 Å². The Morgan fingerprint density at radius 3 is 2.78 bits per heavy atom. The summed E-state index contributed by atoms with van der Waals surface area (Å²) in [6.07, 6.45) is 3.70. The predicted octanol–water partition coefficient (Wildman–Crippen LogP) is 3.73. The Labute approximate surface area is 115 Å².